The van der Waals surface area contributed by atoms with Crippen LogP contribution in [0.4, 0.5) is 0 Å². The van der Waals surface area contributed by atoms with E-state index in [0.29, 0.717) is 5.92 Å². The lowest BCUT2D eigenvalue weighted by Gasteiger charge is -2.10. The molecule has 0 aliphatic carbocycles. The Morgan fingerprint density at radius 3 is 2.33 bits per heavy atom. The first-order valence-corrected chi connectivity index (χ1v) is 7.22. The summed E-state index contributed by atoms with van der Waals surface area (Å²) in [6, 6.07) is 9.04. The Morgan fingerprint density at radius 2 is 1.72 bits per heavy atom. The van der Waals surface area contributed by atoms with Gasteiger partial charge in [-0.05, 0) is 56.4 Å². The van der Waals surface area contributed by atoms with Gasteiger partial charge in [-0.1, -0.05) is 38.1 Å². The van der Waals surface area contributed by atoms with Crippen LogP contribution in [0, 0.1) is 0 Å². The summed E-state index contributed by atoms with van der Waals surface area (Å²) in [5.41, 5.74) is 2.84. The molecular weight excluding hydrogens is 220 g/mol. The van der Waals surface area contributed by atoms with Gasteiger partial charge in [-0.25, -0.2) is 0 Å². The van der Waals surface area contributed by atoms with E-state index in [1.807, 2.05) is 7.05 Å². The van der Waals surface area contributed by atoms with Crippen LogP contribution < -0.4 is 10.6 Å². The quantitative estimate of drug-likeness (QED) is 0.655. The predicted octanol–water partition coefficient (Wildman–Crippen LogP) is 3.29. The highest BCUT2D eigenvalue weighted by molar-refractivity contribution is 5.24. The van der Waals surface area contributed by atoms with Gasteiger partial charge in [0.1, 0.15) is 0 Å². The molecule has 1 unspecified atom stereocenters. The van der Waals surface area contributed by atoms with E-state index in [9.17, 15) is 0 Å². The van der Waals surface area contributed by atoms with Gasteiger partial charge in [-0.2, -0.15) is 0 Å². The summed E-state index contributed by atoms with van der Waals surface area (Å²) in [4.78, 5) is 0. The Bertz CT molecular complexity index is 305. The van der Waals surface area contributed by atoms with Crippen LogP contribution in [0.5, 0.6) is 0 Å². The molecule has 0 radical (unpaired) electrons. The van der Waals surface area contributed by atoms with E-state index >= 15 is 0 Å². The molecule has 2 nitrogen and oxygen atoms in total. The molecule has 0 spiro atoms. The predicted molar refractivity (Wildman–Crippen MR) is 80.0 cm³/mol. The number of unbranched alkanes of at least 4 members (excludes halogenated alkanes) is 1. The van der Waals surface area contributed by atoms with Gasteiger partial charge in [0.15, 0.2) is 0 Å². The first-order chi connectivity index (χ1) is 8.77. The molecule has 1 aromatic rings. The third kappa shape index (κ3) is 5.65. The highest BCUT2D eigenvalue weighted by atomic mass is 14.8. The van der Waals surface area contributed by atoms with Crippen molar-refractivity contribution < 1.29 is 0 Å². The standard InChI is InChI=1S/C16H28N2/c1-4-14(2)16-9-7-15(8-10-16)13-18-12-6-5-11-17-3/h7-10,14,17-18H,4-6,11-13H2,1-3H3. The van der Waals surface area contributed by atoms with Gasteiger partial charge in [0, 0.05) is 6.54 Å². The molecule has 1 atom stereocenters. The maximum Gasteiger partial charge on any atom is 0.0205 e. The second kappa shape index (κ2) is 9.12. The Morgan fingerprint density at radius 1 is 1.06 bits per heavy atom. The molecule has 0 saturated carbocycles. The van der Waals surface area contributed by atoms with Crippen LogP contribution in [-0.2, 0) is 6.54 Å². The molecule has 0 aliphatic heterocycles. The zero-order valence-corrected chi connectivity index (χ0v) is 12.1. The number of rotatable bonds is 9. The monoisotopic (exact) mass is 248 g/mol. The van der Waals surface area contributed by atoms with Crippen molar-refractivity contribution in [3.05, 3.63) is 35.4 Å². The summed E-state index contributed by atoms with van der Waals surface area (Å²) in [7, 11) is 2.01. The molecule has 18 heavy (non-hydrogen) atoms. The highest BCUT2D eigenvalue weighted by Crippen LogP contribution is 2.18. The molecule has 2 heteroatoms. The van der Waals surface area contributed by atoms with E-state index in [0.717, 1.165) is 19.6 Å². The minimum Gasteiger partial charge on any atom is -0.320 e. The van der Waals surface area contributed by atoms with E-state index in [2.05, 4.69) is 48.7 Å². The largest absolute Gasteiger partial charge is 0.320 e. The Labute approximate surface area is 112 Å². The van der Waals surface area contributed by atoms with Crippen molar-refractivity contribution in [1.82, 2.24) is 10.6 Å². The lowest BCUT2D eigenvalue weighted by molar-refractivity contribution is 0.605. The fourth-order valence-electron chi connectivity index (χ4n) is 1.98. The first-order valence-electron chi connectivity index (χ1n) is 7.22. The van der Waals surface area contributed by atoms with Crippen molar-refractivity contribution in [2.75, 3.05) is 20.1 Å². The van der Waals surface area contributed by atoms with E-state index in [1.54, 1.807) is 0 Å². The van der Waals surface area contributed by atoms with Crippen LogP contribution in [0.2, 0.25) is 0 Å². The SMILES string of the molecule is CCC(C)c1ccc(CNCCCCNC)cc1. The van der Waals surface area contributed by atoms with E-state index in [4.69, 9.17) is 0 Å². The maximum atomic E-state index is 3.50. The minimum atomic E-state index is 0.675. The third-order valence-corrected chi connectivity index (χ3v) is 3.52. The average molecular weight is 248 g/mol. The second-order valence-corrected chi connectivity index (χ2v) is 5.04. The summed E-state index contributed by atoms with van der Waals surface area (Å²) in [5, 5.41) is 6.67. The zero-order valence-electron chi connectivity index (χ0n) is 12.1. The Balaban J connectivity index is 2.22. The smallest absolute Gasteiger partial charge is 0.0205 e. The van der Waals surface area contributed by atoms with Crippen molar-refractivity contribution in [3.8, 4) is 0 Å². The zero-order chi connectivity index (χ0) is 13.2. The van der Waals surface area contributed by atoms with Crippen LogP contribution in [0.15, 0.2) is 24.3 Å². The van der Waals surface area contributed by atoms with Crippen LogP contribution in [0.1, 0.15) is 50.2 Å². The molecule has 0 fully saturated rings. The first kappa shape index (κ1) is 15.2. The molecule has 0 aliphatic rings. The van der Waals surface area contributed by atoms with Crippen LogP contribution in [-0.4, -0.2) is 20.1 Å². The van der Waals surface area contributed by atoms with E-state index < -0.39 is 0 Å². The fraction of sp³-hybridized carbons (Fsp3) is 0.625. The van der Waals surface area contributed by atoms with Crippen LogP contribution in [0.3, 0.4) is 0 Å². The second-order valence-electron chi connectivity index (χ2n) is 5.04. The van der Waals surface area contributed by atoms with Crippen LogP contribution >= 0.6 is 0 Å². The molecule has 1 aromatic carbocycles. The molecule has 0 heterocycles. The van der Waals surface area contributed by atoms with Gasteiger partial charge in [-0.15, -0.1) is 0 Å². The molecule has 0 bridgehead atoms. The van der Waals surface area contributed by atoms with Crippen molar-refractivity contribution in [3.63, 3.8) is 0 Å². The third-order valence-electron chi connectivity index (χ3n) is 3.52. The molecule has 0 aromatic heterocycles. The normalized spacial score (nSPS) is 12.6. The van der Waals surface area contributed by atoms with Gasteiger partial charge >= 0.3 is 0 Å². The molecule has 0 saturated heterocycles. The molecular formula is C16H28N2. The number of benzene rings is 1. The molecule has 1 rings (SSSR count). The maximum absolute atomic E-state index is 3.50. The lowest BCUT2D eigenvalue weighted by Crippen LogP contribution is -2.16. The Kier molecular flexibility index (Phi) is 7.70. The number of hydrogen-bond acceptors (Lipinski definition) is 2. The summed E-state index contributed by atoms with van der Waals surface area (Å²) in [6.07, 6.45) is 3.70. The summed E-state index contributed by atoms with van der Waals surface area (Å²) in [6.45, 7) is 7.74. The highest BCUT2D eigenvalue weighted by Gasteiger charge is 2.01. The van der Waals surface area contributed by atoms with Crippen molar-refractivity contribution in [2.45, 2.75) is 45.6 Å². The van der Waals surface area contributed by atoms with E-state index in [1.165, 1.54) is 30.4 Å². The van der Waals surface area contributed by atoms with Gasteiger partial charge < -0.3 is 10.6 Å². The molecule has 102 valence electrons. The Hall–Kier alpha value is -0.860. The van der Waals surface area contributed by atoms with E-state index in [-0.39, 0.29) is 0 Å². The topological polar surface area (TPSA) is 24.1 Å². The van der Waals surface area contributed by atoms with Crippen molar-refractivity contribution in [1.29, 1.82) is 0 Å². The minimum absolute atomic E-state index is 0.675. The van der Waals surface area contributed by atoms with Crippen molar-refractivity contribution >= 4 is 0 Å². The summed E-state index contributed by atoms with van der Waals surface area (Å²) in [5.74, 6) is 0.675. The van der Waals surface area contributed by atoms with Gasteiger partial charge in [0.25, 0.3) is 0 Å². The average Bonchev–Trinajstić information content (AvgIpc) is 2.42. The van der Waals surface area contributed by atoms with Gasteiger partial charge in [0.2, 0.25) is 0 Å². The summed E-state index contributed by atoms with van der Waals surface area (Å²) >= 11 is 0. The fourth-order valence-corrected chi connectivity index (χ4v) is 1.98. The molecule has 0 amide bonds. The number of hydrogen-bond donors (Lipinski definition) is 2. The molecule has 2 N–H and O–H groups in total. The van der Waals surface area contributed by atoms with Gasteiger partial charge in [-0.3, -0.25) is 0 Å². The number of nitrogens with one attached hydrogen (secondary N) is 2. The van der Waals surface area contributed by atoms with Crippen molar-refractivity contribution in [2.24, 2.45) is 0 Å². The lowest BCUT2D eigenvalue weighted by atomic mass is 9.98. The van der Waals surface area contributed by atoms with Crippen LogP contribution in [0.25, 0.3) is 0 Å². The van der Waals surface area contributed by atoms with Gasteiger partial charge in [0.05, 0.1) is 0 Å². The summed E-state index contributed by atoms with van der Waals surface area (Å²) < 4.78 is 0.